The zero-order chi connectivity index (χ0) is 25.2. The van der Waals surface area contributed by atoms with Gasteiger partial charge in [-0.15, -0.1) is 0 Å². The van der Waals surface area contributed by atoms with Crippen molar-refractivity contribution in [3.63, 3.8) is 0 Å². The van der Waals surface area contributed by atoms with Gasteiger partial charge < -0.3 is 4.89 Å². The topological polar surface area (TPSA) is 49.8 Å². The molecule has 34 heavy (non-hydrogen) atoms. The second-order valence-electron chi connectivity index (χ2n) is 10.3. The summed E-state index contributed by atoms with van der Waals surface area (Å²) in [4.78, 5) is 10.5. The average molecular weight is 504 g/mol. The molecule has 1 N–H and O–H groups in total. The predicted molar refractivity (Wildman–Crippen MR) is 151 cm³/mol. The first-order chi connectivity index (χ1) is 16.6. The van der Waals surface area contributed by atoms with Gasteiger partial charge in [0.15, 0.2) is 0 Å². The van der Waals surface area contributed by atoms with Crippen LogP contribution in [0, 0.1) is 0 Å². The van der Waals surface area contributed by atoms with Crippen molar-refractivity contribution in [3.05, 3.63) is 0 Å². The minimum Gasteiger partial charge on any atom is -0.312 e. The molecule has 5 heteroatoms. The molecule has 0 saturated carbocycles. The zero-order valence-electron chi connectivity index (χ0n) is 23.5. The molecule has 0 bridgehead atoms. The molecule has 1 unspecified atom stereocenters. The SMILES string of the molecule is CCCCCCCCCCCCCN(CCCCCCCCCCCCC)P(=O)(O)OCCC. The van der Waals surface area contributed by atoms with Crippen molar-refractivity contribution in [2.45, 2.75) is 168 Å². The molecule has 0 spiro atoms. The van der Waals surface area contributed by atoms with Gasteiger partial charge >= 0.3 is 7.75 Å². The summed E-state index contributed by atoms with van der Waals surface area (Å²) in [6.07, 6.45) is 29.3. The summed E-state index contributed by atoms with van der Waals surface area (Å²) in [5, 5.41) is 0. The van der Waals surface area contributed by atoms with Gasteiger partial charge in [0.2, 0.25) is 0 Å². The molecular formula is C29H62NO3P. The van der Waals surface area contributed by atoms with Crippen LogP contribution in [-0.4, -0.2) is 29.3 Å². The number of hydrogen-bond donors (Lipinski definition) is 1. The first-order valence-electron chi connectivity index (χ1n) is 15.3. The fraction of sp³-hybridized carbons (Fsp3) is 1.00. The van der Waals surface area contributed by atoms with E-state index in [1.807, 2.05) is 6.92 Å². The maximum absolute atomic E-state index is 12.8. The Morgan fingerprint density at radius 3 is 1.09 bits per heavy atom. The highest BCUT2D eigenvalue weighted by Gasteiger charge is 2.28. The van der Waals surface area contributed by atoms with Gasteiger partial charge in [-0.05, 0) is 19.3 Å². The van der Waals surface area contributed by atoms with Crippen LogP contribution >= 0.6 is 7.75 Å². The van der Waals surface area contributed by atoms with Crippen LogP contribution in [0.25, 0.3) is 0 Å². The third-order valence-corrected chi connectivity index (χ3v) is 8.49. The Morgan fingerprint density at radius 1 is 0.500 bits per heavy atom. The maximum atomic E-state index is 12.8. The standard InChI is InChI=1S/C29H62NO3P/c1-4-7-9-11-13-15-17-19-21-23-25-27-30(34(31,32)33-29-6-3)28-26-24-22-20-18-16-14-12-10-8-5-2/h4-29H2,1-3H3,(H,31,32). The fourth-order valence-electron chi connectivity index (χ4n) is 4.57. The van der Waals surface area contributed by atoms with Crippen LogP contribution in [-0.2, 0) is 9.09 Å². The molecule has 0 amide bonds. The second kappa shape index (κ2) is 26.2. The summed E-state index contributed by atoms with van der Waals surface area (Å²) < 4.78 is 19.9. The normalized spacial score (nSPS) is 13.6. The van der Waals surface area contributed by atoms with Crippen molar-refractivity contribution in [1.82, 2.24) is 4.67 Å². The molecule has 0 aliphatic carbocycles. The molecule has 4 nitrogen and oxygen atoms in total. The highest BCUT2D eigenvalue weighted by atomic mass is 31.2. The van der Waals surface area contributed by atoms with E-state index >= 15 is 0 Å². The van der Waals surface area contributed by atoms with Crippen molar-refractivity contribution in [2.75, 3.05) is 19.7 Å². The van der Waals surface area contributed by atoms with Crippen LogP contribution in [0.15, 0.2) is 0 Å². The first-order valence-corrected chi connectivity index (χ1v) is 16.8. The molecule has 0 radical (unpaired) electrons. The highest BCUT2D eigenvalue weighted by molar-refractivity contribution is 7.50. The lowest BCUT2D eigenvalue weighted by atomic mass is 10.1. The smallest absolute Gasteiger partial charge is 0.312 e. The Morgan fingerprint density at radius 2 is 0.794 bits per heavy atom. The Hall–Kier alpha value is 0.110. The number of nitrogens with zero attached hydrogens (tertiary/aromatic N) is 1. The lowest BCUT2D eigenvalue weighted by Crippen LogP contribution is -2.24. The van der Waals surface area contributed by atoms with Crippen LogP contribution in [0.3, 0.4) is 0 Å². The van der Waals surface area contributed by atoms with Crippen molar-refractivity contribution < 1.29 is 14.0 Å². The highest BCUT2D eigenvalue weighted by Crippen LogP contribution is 2.46. The fourth-order valence-corrected chi connectivity index (χ4v) is 5.95. The van der Waals surface area contributed by atoms with E-state index in [4.69, 9.17) is 4.52 Å². The third kappa shape index (κ3) is 22.6. The van der Waals surface area contributed by atoms with E-state index in [-0.39, 0.29) is 0 Å². The van der Waals surface area contributed by atoms with Crippen molar-refractivity contribution in [1.29, 1.82) is 0 Å². The van der Waals surface area contributed by atoms with Crippen molar-refractivity contribution >= 4 is 7.75 Å². The summed E-state index contributed by atoms with van der Waals surface area (Å²) in [6, 6.07) is 0. The number of unbranched alkanes of at least 4 members (excludes halogenated alkanes) is 20. The van der Waals surface area contributed by atoms with Crippen LogP contribution in [0.2, 0.25) is 0 Å². The molecular weight excluding hydrogens is 441 g/mol. The monoisotopic (exact) mass is 503 g/mol. The second-order valence-corrected chi connectivity index (χ2v) is 12.2. The largest absolute Gasteiger partial charge is 0.405 e. The molecule has 0 fully saturated rings. The van der Waals surface area contributed by atoms with Crippen molar-refractivity contribution in [3.8, 4) is 0 Å². The summed E-state index contributed by atoms with van der Waals surface area (Å²) in [5.41, 5.74) is 0. The quantitative estimate of drug-likeness (QED) is 0.0852. The summed E-state index contributed by atoms with van der Waals surface area (Å²) in [7, 11) is -3.65. The minimum atomic E-state index is -3.65. The van der Waals surface area contributed by atoms with Gasteiger partial charge in [-0.1, -0.05) is 149 Å². The average Bonchev–Trinajstić information content (AvgIpc) is 2.83. The molecule has 206 valence electrons. The molecule has 0 aromatic rings. The summed E-state index contributed by atoms with van der Waals surface area (Å²) in [6.45, 7) is 8.26. The Labute approximate surface area is 214 Å². The Kier molecular flexibility index (Phi) is 26.3. The van der Waals surface area contributed by atoms with E-state index in [9.17, 15) is 9.46 Å². The van der Waals surface area contributed by atoms with E-state index in [0.29, 0.717) is 19.7 Å². The van der Waals surface area contributed by atoms with Gasteiger partial charge in [0.1, 0.15) is 0 Å². The lowest BCUT2D eigenvalue weighted by molar-refractivity contribution is 0.197. The van der Waals surface area contributed by atoms with Crippen LogP contribution in [0.5, 0.6) is 0 Å². The molecule has 0 rings (SSSR count). The van der Waals surface area contributed by atoms with Crippen LogP contribution in [0.1, 0.15) is 168 Å². The van der Waals surface area contributed by atoms with E-state index < -0.39 is 7.75 Å². The number of hydrogen-bond acceptors (Lipinski definition) is 2. The summed E-state index contributed by atoms with van der Waals surface area (Å²) in [5.74, 6) is 0. The van der Waals surface area contributed by atoms with E-state index in [0.717, 1.165) is 32.1 Å². The van der Waals surface area contributed by atoms with Gasteiger partial charge in [-0.2, -0.15) is 0 Å². The molecule has 0 aliphatic rings. The van der Waals surface area contributed by atoms with Crippen LogP contribution < -0.4 is 0 Å². The predicted octanol–water partition coefficient (Wildman–Crippen LogP) is 10.4. The Balaban J connectivity index is 3.94. The van der Waals surface area contributed by atoms with Gasteiger partial charge in [-0.25, -0.2) is 9.24 Å². The van der Waals surface area contributed by atoms with Gasteiger partial charge in [-0.3, -0.25) is 4.52 Å². The first kappa shape index (κ1) is 34.1. The minimum absolute atomic E-state index is 0.362. The Bertz CT molecular complexity index is 421. The van der Waals surface area contributed by atoms with E-state index in [2.05, 4.69) is 13.8 Å². The summed E-state index contributed by atoms with van der Waals surface area (Å²) >= 11 is 0. The maximum Gasteiger partial charge on any atom is 0.405 e. The van der Waals surface area contributed by atoms with Gasteiger partial charge in [0.25, 0.3) is 0 Å². The van der Waals surface area contributed by atoms with Gasteiger partial charge in [0, 0.05) is 13.1 Å². The van der Waals surface area contributed by atoms with Crippen LogP contribution in [0.4, 0.5) is 0 Å². The molecule has 0 aromatic heterocycles. The third-order valence-electron chi connectivity index (χ3n) is 6.86. The van der Waals surface area contributed by atoms with E-state index in [1.54, 1.807) is 4.67 Å². The van der Waals surface area contributed by atoms with Crippen molar-refractivity contribution in [2.24, 2.45) is 0 Å². The van der Waals surface area contributed by atoms with Gasteiger partial charge in [0.05, 0.1) is 6.61 Å². The number of rotatable bonds is 28. The molecule has 0 aromatic carbocycles. The zero-order valence-corrected chi connectivity index (χ0v) is 24.4. The molecule has 0 aliphatic heterocycles. The molecule has 0 heterocycles. The molecule has 0 saturated heterocycles. The molecule has 1 atom stereocenters. The lowest BCUT2D eigenvalue weighted by Gasteiger charge is -2.26. The van der Waals surface area contributed by atoms with E-state index in [1.165, 1.54) is 116 Å².